The first-order valence-electron chi connectivity index (χ1n) is 5.77. The lowest BCUT2D eigenvalue weighted by Gasteiger charge is -2.19. The maximum atomic E-state index is 13.7. The molecule has 0 spiro atoms. The van der Waals surface area contributed by atoms with Gasteiger partial charge in [-0.05, 0) is 0 Å². The molecule has 0 amide bonds. The molecule has 136 valence electrons. The number of halogens is 12. The van der Waals surface area contributed by atoms with Crippen molar-refractivity contribution < 1.29 is 52.7 Å². The van der Waals surface area contributed by atoms with Crippen LogP contribution in [0.25, 0.3) is 10.8 Å². The highest BCUT2D eigenvalue weighted by atomic mass is 19.3. The molecule has 0 aliphatic carbocycles. The van der Waals surface area contributed by atoms with Crippen molar-refractivity contribution >= 4 is 10.8 Å². The normalized spacial score (nSPS) is 12.0. The van der Waals surface area contributed by atoms with Gasteiger partial charge in [-0.2, -0.15) is 22.0 Å². The molecule has 0 aliphatic heterocycles. The van der Waals surface area contributed by atoms with E-state index in [9.17, 15) is 52.7 Å². The highest BCUT2D eigenvalue weighted by molar-refractivity contribution is 5.89. The summed E-state index contributed by atoms with van der Waals surface area (Å²) in [5.41, 5.74) is -2.97. The topological polar surface area (TPSA) is 0 Å². The van der Waals surface area contributed by atoms with Gasteiger partial charge in [-0.1, -0.05) is 0 Å². The molecule has 0 nitrogen and oxygen atoms in total. The van der Waals surface area contributed by atoms with E-state index < -0.39 is 74.9 Å². The third-order valence-corrected chi connectivity index (χ3v) is 3.10. The molecule has 0 saturated heterocycles. The fourth-order valence-electron chi connectivity index (χ4n) is 2.02. The molecular formula is C13F12. The second kappa shape index (κ2) is 5.85. The van der Waals surface area contributed by atoms with E-state index in [2.05, 4.69) is 0 Å². The van der Waals surface area contributed by atoms with Crippen LogP contribution in [-0.2, 0) is 5.92 Å². The highest BCUT2D eigenvalue weighted by Crippen LogP contribution is 2.46. The van der Waals surface area contributed by atoms with Crippen molar-refractivity contribution in [1.82, 2.24) is 0 Å². The number of benzene rings is 2. The molecular weight excluding hydrogens is 384 g/mol. The zero-order chi connectivity index (χ0) is 19.4. The van der Waals surface area contributed by atoms with Crippen LogP contribution in [0.15, 0.2) is 11.9 Å². The average Bonchev–Trinajstić information content (AvgIpc) is 2.54. The Balaban J connectivity index is 3.24. The van der Waals surface area contributed by atoms with Crippen molar-refractivity contribution in [2.24, 2.45) is 0 Å². The van der Waals surface area contributed by atoms with E-state index in [1.165, 1.54) is 0 Å². The SMILES string of the molecule is FC(F)=C(F)C(F)(F)c1c(F)c(F)c(F)c2c(F)c(F)c(F)c(F)c12. The van der Waals surface area contributed by atoms with Gasteiger partial charge in [0.25, 0.3) is 0 Å². The summed E-state index contributed by atoms with van der Waals surface area (Å²) in [4.78, 5) is 0. The Morgan fingerprint density at radius 2 is 0.880 bits per heavy atom. The monoisotopic (exact) mass is 384 g/mol. The minimum absolute atomic E-state index is 2.35. The molecule has 0 atom stereocenters. The van der Waals surface area contributed by atoms with Gasteiger partial charge < -0.3 is 0 Å². The number of hydrogen-bond acceptors (Lipinski definition) is 0. The first-order chi connectivity index (χ1) is 11.4. The summed E-state index contributed by atoms with van der Waals surface area (Å²) in [6.45, 7) is 0. The van der Waals surface area contributed by atoms with Crippen molar-refractivity contribution in [3.63, 3.8) is 0 Å². The van der Waals surface area contributed by atoms with Gasteiger partial charge >= 0.3 is 12.0 Å². The van der Waals surface area contributed by atoms with Gasteiger partial charge in [0.15, 0.2) is 40.7 Å². The van der Waals surface area contributed by atoms with Crippen LogP contribution in [0.3, 0.4) is 0 Å². The van der Waals surface area contributed by atoms with Crippen molar-refractivity contribution in [3.8, 4) is 0 Å². The lowest BCUT2D eigenvalue weighted by Crippen LogP contribution is -2.21. The largest absolute Gasteiger partial charge is 0.333 e. The second-order valence-electron chi connectivity index (χ2n) is 4.47. The zero-order valence-corrected chi connectivity index (χ0v) is 11.0. The lowest BCUT2D eigenvalue weighted by atomic mass is 9.96. The predicted molar refractivity (Wildman–Crippen MR) is 57.9 cm³/mol. The molecule has 0 aliphatic rings. The Labute approximate surface area is 129 Å². The predicted octanol–water partition coefficient (Wildman–Crippen LogP) is 5.98. The number of allylic oxidation sites excluding steroid dienone is 1. The number of fused-ring (bicyclic) bond motifs is 1. The molecule has 0 radical (unpaired) electrons. The molecule has 0 saturated carbocycles. The van der Waals surface area contributed by atoms with Crippen LogP contribution in [0.1, 0.15) is 5.56 Å². The summed E-state index contributed by atoms with van der Waals surface area (Å²) in [6.07, 6.45) is -3.76. The van der Waals surface area contributed by atoms with Crippen LogP contribution in [0.4, 0.5) is 52.7 Å². The lowest BCUT2D eigenvalue weighted by molar-refractivity contribution is 0.00333. The number of hydrogen-bond donors (Lipinski definition) is 0. The van der Waals surface area contributed by atoms with Gasteiger partial charge in [-0.15, -0.1) is 0 Å². The summed E-state index contributed by atoms with van der Waals surface area (Å²) in [6, 6.07) is 0. The summed E-state index contributed by atoms with van der Waals surface area (Å²) in [5, 5.41) is -4.83. The Morgan fingerprint density at radius 1 is 0.520 bits per heavy atom. The third-order valence-electron chi connectivity index (χ3n) is 3.10. The minimum atomic E-state index is -5.87. The van der Waals surface area contributed by atoms with Crippen LogP contribution in [0.5, 0.6) is 0 Å². The van der Waals surface area contributed by atoms with Gasteiger partial charge in [0.2, 0.25) is 5.83 Å². The van der Waals surface area contributed by atoms with Crippen LogP contribution in [0.2, 0.25) is 0 Å². The van der Waals surface area contributed by atoms with Crippen molar-refractivity contribution in [3.05, 3.63) is 58.2 Å². The fraction of sp³-hybridized carbons (Fsp3) is 0.0769. The highest BCUT2D eigenvalue weighted by Gasteiger charge is 2.48. The van der Waals surface area contributed by atoms with Crippen molar-refractivity contribution in [1.29, 1.82) is 0 Å². The van der Waals surface area contributed by atoms with Gasteiger partial charge in [-0.3, -0.25) is 0 Å². The Morgan fingerprint density at radius 3 is 1.28 bits per heavy atom. The maximum Gasteiger partial charge on any atom is 0.333 e. The molecule has 2 aromatic rings. The minimum Gasteiger partial charge on any atom is -0.203 e. The molecule has 25 heavy (non-hydrogen) atoms. The Bertz CT molecular complexity index is 915. The smallest absolute Gasteiger partial charge is 0.203 e. The van der Waals surface area contributed by atoms with Crippen LogP contribution < -0.4 is 0 Å². The molecule has 0 fully saturated rings. The molecule has 0 N–H and O–H groups in total. The van der Waals surface area contributed by atoms with Gasteiger partial charge in [0.1, 0.15) is 0 Å². The van der Waals surface area contributed by atoms with Crippen molar-refractivity contribution in [2.75, 3.05) is 0 Å². The first kappa shape index (κ1) is 18.9. The van der Waals surface area contributed by atoms with Gasteiger partial charge in [0.05, 0.1) is 10.9 Å². The van der Waals surface area contributed by atoms with E-state index in [4.69, 9.17) is 0 Å². The molecule has 12 heteroatoms. The van der Waals surface area contributed by atoms with E-state index in [1.54, 1.807) is 0 Å². The van der Waals surface area contributed by atoms with Crippen LogP contribution >= 0.6 is 0 Å². The van der Waals surface area contributed by atoms with E-state index in [1.807, 2.05) is 0 Å². The van der Waals surface area contributed by atoms with E-state index >= 15 is 0 Å². The summed E-state index contributed by atoms with van der Waals surface area (Å²) in [7, 11) is 0. The Hall–Kier alpha value is -2.40. The van der Waals surface area contributed by atoms with E-state index in [0.29, 0.717) is 0 Å². The third kappa shape index (κ3) is 2.50. The van der Waals surface area contributed by atoms with E-state index in [0.717, 1.165) is 0 Å². The molecule has 0 unspecified atom stereocenters. The number of rotatable bonds is 2. The zero-order valence-electron chi connectivity index (χ0n) is 11.0. The molecule has 0 aromatic heterocycles. The molecule has 0 heterocycles. The fourth-order valence-corrected chi connectivity index (χ4v) is 2.02. The standard InChI is InChI=1S/C13F12/c14-4-1-2(6(16)10(20)9(4)19)5(15)8(18)7(17)3(1)13(24,25)11(21)12(22)23. The molecule has 0 bridgehead atoms. The van der Waals surface area contributed by atoms with Crippen LogP contribution in [0, 0.1) is 40.7 Å². The summed E-state index contributed by atoms with van der Waals surface area (Å²) in [5.74, 6) is -29.7. The van der Waals surface area contributed by atoms with E-state index in [-0.39, 0.29) is 0 Å². The Kier molecular flexibility index (Phi) is 4.43. The quantitative estimate of drug-likeness (QED) is 0.339. The maximum absolute atomic E-state index is 13.7. The van der Waals surface area contributed by atoms with Crippen LogP contribution in [-0.4, -0.2) is 0 Å². The number of alkyl halides is 2. The summed E-state index contributed by atoms with van der Waals surface area (Å²) < 4.78 is 158. The molecule has 2 rings (SSSR count). The van der Waals surface area contributed by atoms with Crippen molar-refractivity contribution in [2.45, 2.75) is 5.92 Å². The summed E-state index contributed by atoms with van der Waals surface area (Å²) >= 11 is 0. The first-order valence-corrected chi connectivity index (χ1v) is 5.77. The second-order valence-corrected chi connectivity index (χ2v) is 4.47. The van der Waals surface area contributed by atoms with Gasteiger partial charge in [0, 0.05) is 5.39 Å². The molecule has 2 aromatic carbocycles. The van der Waals surface area contributed by atoms with Gasteiger partial charge in [-0.25, -0.2) is 30.7 Å². The average molecular weight is 384 g/mol.